The highest BCUT2D eigenvalue weighted by molar-refractivity contribution is 5.95. The number of piperidine rings is 1. The maximum atomic E-state index is 13.8. The van der Waals surface area contributed by atoms with Gasteiger partial charge in [0, 0.05) is 124 Å². The Balaban J connectivity index is 0.000000176. The molecule has 5 saturated heterocycles. The summed E-state index contributed by atoms with van der Waals surface area (Å²) in [5, 5.41) is 21.5. The van der Waals surface area contributed by atoms with Gasteiger partial charge in [-0.1, -0.05) is 69.2 Å². The lowest BCUT2D eigenvalue weighted by Gasteiger charge is -2.33. The number of fused-ring (bicyclic) bond motifs is 2. The van der Waals surface area contributed by atoms with Gasteiger partial charge < -0.3 is 50.3 Å². The molecule has 6 amide bonds. The Hall–Kier alpha value is -7.32. The summed E-state index contributed by atoms with van der Waals surface area (Å²) in [4.78, 5) is 70.6. The minimum Gasteiger partial charge on any atom is -0.376 e. The number of likely N-dealkylation sites (tertiary alicyclic amines) is 2. The third kappa shape index (κ3) is 14.2. The fraction of sp³-hybridized carbons (Fsp3) is 0.562. The maximum Gasteiger partial charge on any atom is 0.319 e. The fourth-order valence-electron chi connectivity index (χ4n) is 12.9. The van der Waals surface area contributed by atoms with Gasteiger partial charge in [-0.05, 0) is 122 Å². The van der Waals surface area contributed by atoms with Crippen LogP contribution in [0, 0.1) is 0 Å². The van der Waals surface area contributed by atoms with Crippen molar-refractivity contribution in [2.45, 2.75) is 173 Å². The number of urea groups is 2. The number of aromatic nitrogens is 6. The van der Waals surface area contributed by atoms with Gasteiger partial charge in [-0.2, -0.15) is 19.2 Å². The topological polar surface area (TPSA) is 208 Å². The van der Waals surface area contributed by atoms with Crippen molar-refractivity contribution in [2.75, 3.05) is 80.0 Å². The van der Waals surface area contributed by atoms with Gasteiger partial charge in [0.05, 0.1) is 23.6 Å². The summed E-state index contributed by atoms with van der Waals surface area (Å²) in [6.07, 6.45) is 22.5. The first-order chi connectivity index (χ1) is 41.0. The highest BCUT2D eigenvalue weighted by Gasteiger charge is 2.30. The van der Waals surface area contributed by atoms with Gasteiger partial charge in [-0.3, -0.25) is 9.59 Å². The number of benzene rings is 2. The Morgan fingerprint density at radius 2 is 0.976 bits per heavy atom. The molecule has 12 rings (SSSR count). The molecular formula is C64H86N14O6. The molecule has 20 heteroatoms. The molecule has 20 nitrogen and oxygen atoms in total. The third-order valence-corrected chi connectivity index (χ3v) is 18.0. The van der Waals surface area contributed by atoms with Crippen LogP contribution >= 0.6 is 0 Å². The van der Waals surface area contributed by atoms with E-state index >= 15 is 0 Å². The molecule has 448 valence electrons. The summed E-state index contributed by atoms with van der Waals surface area (Å²) >= 11 is 0. The number of nitrogens with one attached hydrogen (secondary N) is 4. The molecule has 5 aliphatic heterocycles. The largest absolute Gasteiger partial charge is 0.376 e. The van der Waals surface area contributed by atoms with Gasteiger partial charge in [0.25, 0.3) is 11.8 Å². The molecule has 4 aromatic heterocycles. The van der Waals surface area contributed by atoms with Crippen molar-refractivity contribution < 1.29 is 28.7 Å². The summed E-state index contributed by atoms with van der Waals surface area (Å²) in [5.41, 5.74) is 7.09. The number of hydrogen-bond acceptors (Lipinski definition) is 12. The number of amides is 6. The summed E-state index contributed by atoms with van der Waals surface area (Å²) < 4.78 is 14.9. The minimum absolute atomic E-state index is 0.00569. The quantitative estimate of drug-likeness (QED) is 0.0852. The summed E-state index contributed by atoms with van der Waals surface area (Å²) in [7, 11) is 2.12. The molecule has 0 spiro atoms. The van der Waals surface area contributed by atoms with E-state index in [9.17, 15) is 19.2 Å². The lowest BCUT2D eigenvalue weighted by molar-refractivity contribution is 0.0684. The molecule has 6 aliphatic rings. The van der Waals surface area contributed by atoms with Crippen LogP contribution in [0.3, 0.4) is 0 Å². The van der Waals surface area contributed by atoms with Gasteiger partial charge >= 0.3 is 12.1 Å². The van der Waals surface area contributed by atoms with E-state index in [0.717, 1.165) is 170 Å². The molecule has 4 unspecified atom stereocenters. The van der Waals surface area contributed by atoms with E-state index in [1.54, 1.807) is 0 Å². The summed E-state index contributed by atoms with van der Waals surface area (Å²) in [6.45, 7) is 10.3. The van der Waals surface area contributed by atoms with E-state index in [1.165, 1.54) is 32.1 Å². The molecule has 1 saturated carbocycles. The fourth-order valence-corrected chi connectivity index (χ4v) is 12.9. The predicted octanol–water partition coefficient (Wildman–Crippen LogP) is 11.0. The normalized spacial score (nSPS) is 21.5. The second-order valence-corrected chi connectivity index (χ2v) is 24.0. The first-order valence-electron chi connectivity index (χ1n) is 31.5. The standard InChI is InChI=1S/C33H45N7O3.C31H41N7O3/c1-23-10-5-4-8-18-39(23)32(41)29-21-31(38(2)26-11-6-3-7-12-26)40-30(36-29)20-28(37-40)24-14-16-25(17-15-24)35-33(42)34-22-27-13-9-19-43-27;1-22-9-4-2-7-17-37(22)30(39)27-20-29(36-15-5-3-6-16-36)38-28(34-27)19-26(35-38)23-11-13-24(14-12-23)33-31(40)32-21-25-10-8-18-41-25/h14-17,20-21,23,26-27H,3-13,18-19,22H2,1-2H3,(H2,34,35,42);11-14,19-20,22,25H,2-10,15-18,21H2,1H3,(H2,32,33,40). The van der Waals surface area contributed by atoms with Crippen molar-refractivity contribution in [1.29, 1.82) is 0 Å². The van der Waals surface area contributed by atoms with E-state index in [2.05, 4.69) is 52.0 Å². The van der Waals surface area contributed by atoms with Gasteiger partial charge in [-0.25, -0.2) is 19.6 Å². The Kier molecular flexibility index (Phi) is 19.2. The molecular weight excluding hydrogens is 1060 g/mol. The third-order valence-electron chi connectivity index (χ3n) is 18.0. The molecule has 0 radical (unpaired) electrons. The first kappa shape index (κ1) is 58.5. The van der Waals surface area contributed by atoms with Gasteiger partial charge in [0.2, 0.25) is 0 Å². The first-order valence-corrected chi connectivity index (χ1v) is 31.5. The Labute approximate surface area is 493 Å². The number of rotatable bonds is 13. The van der Waals surface area contributed by atoms with E-state index in [4.69, 9.17) is 29.6 Å². The van der Waals surface area contributed by atoms with E-state index in [0.29, 0.717) is 53.2 Å². The van der Waals surface area contributed by atoms with Crippen LogP contribution in [0.5, 0.6) is 0 Å². The van der Waals surface area contributed by atoms with Crippen LogP contribution in [0.15, 0.2) is 72.8 Å². The van der Waals surface area contributed by atoms with Crippen LogP contribution < -0.4 is 31.1 Å². The van der Waals surface area contributed by atoms with Crippen molar-refractivity contribution in [3.63, 3.8) is 0 Å². The zero-order valence-corrected chi connectivity index (χ0v) is 49.5. The van der Waals surface area contributed by atoms with Crippen molar-refractivity contribution in [3.05, 3.63) is 84.2 Å². The molecule has 1 aliphatic carbocycles. The number of hydrogen-bond donors (Lipinski definition) is 4. The van der Waals surface area contributed by atoms with Gasteiger partial charge in [0.15, 0.2) is 11.3 Å². The number of ether oxygens (including phenoxy) is 2. The number of carbonyl (C=O) groups excluding carboxylic acids is 4. The van der Waals surface area contributed by atoms with Gasteiger partial charge in [-0.15, -0.1) is 0 Å². The molecule has 4 N–H and O–H groups in total. The Morgan fingerprint density at radius 1 is 0.524 bits per heavy atom. The maximum absolute atomic E-state index is 13.8. The predicted molar refractivity (Wildman–Crippen MR) is 328 cm³/mol. The second kappa shape index (κ2) is 27.6. The van der Waals surface area contributed by atoms with E-state index in [-0.39, 0.29) is 48.2 Å². The van der Waals surface area contributed by atoms with Crippen LogP contribution in [-0.4, -0.2) is 153 Å². The number of nitrogens with zero attached hydrogens (tertiary/aromatic N) is 10. The average molecular weight is 1150 g/mol. The highest BCUT2D eigenvalue weighted by Crippen LogP contribution is 2.32. The van der Waals surface area contributed by atoms with Crippen molar-refractivity contribution in [3.8, 4) is 22.5 Å². The second-order valence-electron chi connectivity index (χ2n) is 24.0. The zero-order chi connectivity index (χ0) is 57.9. The summed E-state index contributed by atoms with van der Waals surface area (Å²) in [5.74, 6) is 1.84. The lowest BCUT2D eigenvalue weighted by atomic mass is 9.94. The number of carbonyl (C=O) groups is 4. The van der Waals surface area contributed by atoms with Crippen molar-refractivity contribution in [1.82, 2.24) is 49.6 Å². The molecule has 6 fully saturated rings. The lowest BCUT2D eigenvalue weighted by Crippen LogP contribution is -2.39. The average Bonchev–Trinajstić information content (AvgIpc) is 2.52. The van der Waals surface area contributed by atoms with Crippen LogP contribution in [-0.2, 0) is 9.47 Å². The SMILES string of the molecule is CC1CCCCCN1C(=O)c1cc(N(C)C2CCCCC2)n2nc(-c3ccc(NC(=O)NCC4CCCO4)cc3)cc2n1.CC1CCCCCN1C(=O)c1cc(N2CCCCC2)n2nc(-c3ccc(NC(=O)NCC4CCCO4)cc3)cc2n1. The molecule has 2 aromatic carbocycles. The monoisotopic (exact) mass is 1150 g/mol. The number of anilines is 4. The highest BCUT2D eigenvalue weighted by atomic mass is 16.5. The Bertz CT molecular complexity index is 3190. The van der Waals surface area contributed by atoms with Crippen molar-refractivity contribution >= 4 is 58.2 Å². The summed E-state index contributed by atoms with van der Waals surface area (Å²) in [6, 6.07) is 23.4. The van der Waals surface area contributed by atoms with Crippen LogP contribution in [0.4, 0.5) is 32.6 Å². The van der Waals surface area contributed by atoms with Crippen molar-refractivity contribution in [2.24, 2.45) is 0 Å². The van der Waals surface area contributed by atoms with Crippen LogP contribution in [0.1, 0.15) is 163 Å². The molecule has 4 atom stereocenters. The smallest absolute Gasteiger partial charge is 0.319 e. The Morgan fingerprint density at radius 3 is 1.49 bits per heavy atom. The van der Waals surface area contributed by atoms with E-state index < -0.39 is 0 Å². The zero-order valence-electron chi connectivity index (χ0n) is 49.5. The molecule has 0 bridgehead atoms. The minimum atomic E-state index is -0.244. The van der Waals surface area contributed by atoms with Gasteiger partial charge in [0.1, 0.15) is 23.0 Å². The molecule has 9 heterocycles. The van der Waals surface area contributed by atoms with Crippen LogP contribution in [0.2, 0.25) is 0 Å². The van der Waals surface area contributed by atoms with Crippen LogP contribution in [0.25, 0.3) is 33.8 Å². The molecule has 6 aromatic rings. The van der Waals surface area contributed by atoms with E-state index in [1.807, 2.05) is 91.6 Å². The molecule has 84 heavy (non-hydrogen) atoms.